The quantitative estimate of drug-likeness (QED) is 0.0568. The Hall–Kier alpha value is -4.74. The Labute approximate surface area is 287 Å². The van der Waals surface area contributed by atoms with Crippen LogP contribution < -0.4 is 0 Å². The summed E-state index contributed by atoms with van der Waals surface area (Å²) in [6, 6.07) is 8.15. The fourth-order valence-corrected chi connectivity index (χ4v) is 6.22. The number of hydrogen-bond acceptors (Lipinski definition) is 9. The van der Waals surface area contributed by atoms with Crippen LogP contribution in [0.3, 0.4) is 0 Å². The number of allylic oxidation sites excluding steroid dienone is 2. The molecule has 12 nitrogen and oxygen atoms in total. The number of fused-ring (bicyclic) bond motifs is 1. The summed E-state index contributed by atoms with van der Waals surface area (Å²) in [5.74, 6) is 2.30. The first kappa shape index (κ1) is 38.7. The van der Waals surface area contributed by atoms with Crippen LogP contribution in [0.5, 0.6) is 5.75 Å². The van der Waals surface area contributed by atoms with Gasteiger partial charge < -0.3 is 5.11 Å². The second-order valence-corrected chi connectivity index (χ2v) is 13.8. The van der Waals surface area contributed by atoms with Gasteiger partial charge in [0.05, 0.1) is 32.6 Å². The normalized spacial score (nSPS) is 13.3. The molecule has 0 spiro atoms. The lowest BCUT2D eigenvalue weighted by Crippen LogP contribution is -2.00. The van der Waals surface area contributed by atoms with Gasteiger partial charge in [-0.15, -0.1) is 10.2 Å². The molecule has 0 aliphatic heterocycles. The van der Waals surface area contributed by atoms with Crippen molar-refractivity contribution in [3.8, 4) is 5.75 Å². The first-order chi connectivity index (χ1) is 23.2. The minimum atomic E-state index is -0.966. The minimum Gasteiger partial charge on any atom is -0.507 e. The maximum Gasteiger partial charge on any atom is 0.310 e. The van der Waals surface area contributed by atoms with E-state index in [2.05, 4.69) is 50.9 Å². The Morgan fingerprint density at radius 1 is 0.776 bits per heavy atom. The molecule has 0 aliphatic carbocycles. The van der Waals surface area contributed by atoms with Crippen molar-refractivity contribution in [3.05, 3.63) is 89.5 Å². The van der Waals surface area contributed by atoms with E-state index in [1.807, 2.05) is 0 Å². The Kier molecular flexibility index (Phi) is 14.3. The molecule has 2 unspecified atom stereocenters. The molecule has 264 valence electrons. The smallest absolute Gasteiger partial charge is 0.310 e. The van der Waals surface area contributed by atoms with Crippen molar-refractivity contribution in [1.29, 1.82) is 0 Å². The molecule has 3 aromatic rings. The topological polar surface area (TPSA) is 174 Å². The van der Waals surface area contributed by atoms with Crippen molar-refractivity contribution < 1.29 is 19.9 Å². The predicted molar refractivity (Wildman–Crippen MR) is 193 cm³/mol. The van der Waals surface area contributed by atoms with Crippen molar-refractivity contribution in [1.82, 2.24) is 0 Å². The number of phenolic OH excluding ortho intramolecular Hbond substituents is 1. The second kappa shape index (κ2) is 18.1. The van der Waals surface area contributed by atoms with Crippen LogP contribution in [0.25, 0.3) is 10.8 Å². The third-order valence-corrected chi connectivity index (χ3v) is 9.23. The molecule has 0 radical (unpaired) electrons. The van der Waals surface area contributed by atoms with Gasteiger partial charge in [0.2, 0.25) is 5.69 Å². The van der Waals surface area contributed by atoms with Crippen molar-refractivity contribution >= 4 is 39.2 Å². The van der Waals surface area contributed by atoms with Gasteiger partial charge in [-0.25, -0.2) is 0 Å². The summed E-state index contributed by atoms with van der Waals surface area (Å²) >= 11 is 0. The molecule has 0 saturated heterocycles. The molecule has 0 saturated carbocycles. The van der Waals surface area contributed by atoms with Crippen LogP contribution in [0.1, 0.15) is 104 Å². The zero-order valence-electron chi connectivity index (χ0n) is 29.5. The van der Waals surface area contributed by atoms with Crippen molar-refractivity contribution in [2.24, 2.45) is 28.0 Å². The molecule has 1 N–H and O–H groups in total. The second-order valence-electron chi connectivity index (χ2n) is 13.8. The molecule has 0 amide bonds. The summed E-state index contributed by atoms with van der Waals surface area (Å²) in [7, 11) is 0. The summed E-state index contributed by atoms with van der Waals surface area (Å²) in [5.41, 5.74) is -0.716. The summed E-state index contributed by atoms with van der Waals surface area (Å²) in [4.78, 5) is 31.9. The number of hydrogen-bond donors (Lipinski definition) is 1. The molecular weight excluding hydrogens is 626 g/mol. The third-order valence-electron chi connectivity index (χ3n) is 9.23. The molecule has 2 atom stereocenters. The van der Waals surface area contributed by atoms with E-state index in [4.69, 9.17) is 0 Å². The zero-order chi connectivity index (χ0) is 36.2. The highest BCUT2D eigenvalue weighted by Crippen LogP contribution is 2.44. The lowest BCUT2D eigenvalue weighted by atomic mass is 9.91. The summed E-state index contributed by atoms with van der Waals surface area (Å²) < 4.78 is 0. The van der Waals surface area contributed by atoms with E-state index in [-0.39, 0.29) is 11.4 Å². The van der Waals surface area contributed by atoms with E-state index in [1.54, 1.807) is 31.2 Å². The van der Waals surface area contributed by atoms with Gasteiger partial charge in [0, 0.05) is 16.3 Å². The average molecular weight is 676 g/mol. The molecule has 3 rings (SSSR count). The first-order valence-electron chi connectivity index (χ1n) is 17.1. The van der Waals surface area contributed by atoms with Gasteiger partial charge in [-0.05, 0) is 56.4 Å². The highest BCUT2D eigenvalue weighted by atomic mass is 16.6. The molecule has 49 heavy (non-hydrogen) atoms. The molecule has 0 fully saturated rings. The summed E-state index contributed by atoms with van der Waals surface area (Å²) in [6.45, 7) is 13.1. The Morgan fingerprint density at radius 3 is 1.82 bits per heavy atom. The van der Waals surface area contributed by atoms with Crippen LogP contribution in [0.15, 0.2) is 58.3 Å². The molecule has 0 aliphatic rings. The van der Waals surface area contributed by atoms with Gasteiger partial charge in [0.1, 0.15) is 5.75 Å². The first-order valence-corrected chi connectivity index (χ1v) is 17.1. The van der Waals surface area contributed by atoms with E-state index >= 15 is 0 Å². The highest BCUT2D eigenvalue weighted by Gasteiger charge is 2.31. The fourth-order valence-electron chi connectivity index (χ4n) is 6.22. The van der Waals surface area contributed by atoms with Crippen LogP contribution >= 0.6 is 0 Å². The number of azo groups is 1. The van der Waals surface area contributed by atoms with E-state index < -0.39 is 37.5 Å². The maximum absolute atomic E-state index is 11.8. The molecule has 12 heteroatoms. The van der Waals surface area contributed by atoms with Gasteiger partial charge in [-0.3, -0.25) is 30.3 Å². The Morgan fingerprint density at radius 2 is 1.29 bits per heavy atom. The van der Waals surface area contributed by atoms with Crippen LogP contribution in [-0.2, 0) is 6.42 Å². The number of aromatic hydroxyl groups is 1. The van der Waals surface area contributed by atoms with Crippen molar-refractivity contribution in [3.63, 3.8) is 0 Å². The monoisotopic (exact) mass is 675 g/mol. The van der Waals surface area contributed by atoms with Crippen LogP contribution in [-0.4, -0.2) is 19.9 Å². The van der Waals surface area contributed by atoms with Crippen LogP contribution in [0, 0.1) is 55.0 Å². The molecular formula is C37H49N5O7. The van der Waals surface area contributed by atoms with E-state index in [0.29, 0.717) is 46.4 Å². The van der Waals surface area contributed by atoms with Gasteiger partial charge in [0.25, 0.3) is 5.69 Å². The summed E-state index contributed by atoms with van der Waals surface area (Å²) in [6.07, 6.45) is 13.4. The fraction of sp³-hybridized carbons (Fsp3) is 0.514. The lowest BCUT2D eigenvalue weighted by molar-refractivity contribution is -0.402. The zero-order valence-corrected chi connectivity index (χ0v) is 29.5. The summed E-state index contributed by atoms with van der Waals surface area (Å²) in [5, 5.41) is 55.2. The number of nitrogens with zero attached hydrogens (tertiary/aromatic N) is 5. The van der Waals surface area contributed by atoms with E-state index in [9.17, 15) is 35.4 Å². The molecule has 0 bridgehead atoms. The van der Waals surface area contributed by atoms with Gasteiger partial charge in [-0.1, -0.05) is 109 Å². The van der Waals surface area contributed by atoms with Crippen molar-refractivity contribution in [2.45, 2.75) is 106 Å². The molecule has 0 heterocycles. The number of non-ortho nitro benzene ring substituents is 1. The molecule has 0 aromatic heterocycles. The van der Waals surface area contributed by atoms with Gasteiger partial charge in [0.15, 0.2) is 0 Å². The Bertz CT molecular complexity index is 1680. The van der Waals surface area contributed by atoms with Gasteiger partial charge in [-0.2, -0.15) is 0 Å². The largest absolute Gasteiger partial charge is 0.507 e. The van der Waals surface area contributed by atoms with Crippen LogP contribution in [0.4, 0.5) is 28.4 Å². The van der Waals surface area contributed by atoms with Crippen LogP contribution in [0.2, 0.25) is 0 Å². The Balaban J connectivity index is 1.77. The minimum absolute atomic E-state index is 0.0791. The number of benzene rings is 3. The maximum atomic E-state index is 11.8. The number of nitro groups is 3. The lowest BCUT2D eigenvalue weighted by Gasteiger charge is -2.15. The highest BCUT2D eigenvalue weighted by molar-refractivity contribution is 5.99. The van der Waals surface area contributed by atoms with E-state index in [0.717, 1.165) is 31.1 Å². The number of nitro benzene ring substituents is 3. The predicted octanol–water partition coefficient (Wildman–Crippen LogP) is 11.9. The van der Waals surface area contributed by atoms with E-state index in [1.165, 1.54) is 44.1 Å². The number of rotatable bonds is 19. The number of phenols is 1. The molecule has 3 aromatic carbocycles. The van der Waals surface area contributed by atoms with Gasteiger partial charge >= 0.3 is 11.4 Å². The van der Waals surface area contributed by atoms with Crippen molar-refractivity contribution in [2.75, 3.05) is 0 Å². The standard InChI is InChI=1S/C37H49N5O7/c1-24(2)12-9-13-25(3)14-10-15-26(4)16-11-17-27(5)20-21-30-28(6)35(31-18-7-8-19-32(31)37(30)43)38-39-36-33(41(46)47)22-29(40(44)45)23-34(36)42(48)49/h7-8,18-20,22-26,43H,9-17,21H2,1-6H3/b27-20+,39-38+. The SMILES string of the molecule is C/C(=C\Cc1c(C)c(/N=N/c2c([N+](=O)[O-])cc([N+](=O)[O-])cc2[N+](=O)[O-])c2ccccc2c1O)CCCC(C)CCCC(C)CCCC(C)C. The third kappa shape index (κ3) is 10.9. The average Bonchev–Trinajstić information content (AvgIpc) is 3.04.